The maximum absolute atomic E-state index is 9.98. The van der Waals surface area contributed by atoms with E-state index in [0.717, 1.165) is 14.5 Å². The highest BCUT2D eigenvalue weighted by atomic mass is 79.9. The molecule has 1 N–H and O–H groups in total. The van der Waals surface area contributed by atoms with Crippen molar-refractivity contribution in [2.24, 2.45) is 0 Å². The molecule has 0 saturated heterocycles. The predicted octanol–water partition coefficient (Wildman–Crippen LogP) is 4.32. The summed E-state index contributed by atoms with van der Waals surface area (Å²) in [7, 11) is 0. The van der Waals surface area contributed by atoms with Crippen LogP contribution in [-0.2, 0) is 0 Å². The van der Waals surface area contributed by atoms with E-state index in [2.05, 4.69) is 31.9 Å². The fourth-order valence-corrected chi connectivity index (χ4v) is 2.69. The summed E-state index contributed by atoms with van der Waals surface area (Å²) >= 11 is 6.79. The molecule has 94 valence electrons. The van der Waals surface area contributed by atoms with Gasteiger partial charge in [-0.3, -0.25) is 0 Å². The highest BCUT2D eigenvalue weighted by molar-refractivity contribution is 9.11. The van der Waals surface area contributed by atoms with Gasteiger partial charge in [-0.2, -0.15) is 0 Å². The van der Waals surface area contributed by atoms with Crippen LogP contribution in [0.1, 0.15) is 11.7 Å². The molecule has 1 atom stereocenters. The van der Waals surface area contributed by atoms with E-state index >= 15 is 0 Å². The van der Waals surface area contributed by atoms with Crippen molar-refractivity contribution in [3.8, 4) is 5.75 Å². The number of rotatable bonds is 4. The SMILES string of the molecule is OC(COc1ccc(Br)cc1Br)c1ccccc1. The Labute approximate surface area is 123 Å². The average molecular weight is 372 g/mol. The number of hydrogen-bond donors (Lipinski definition) is 1. The first-order valence-electron chi connectivity index (χ1n) is 5.47. The zero-order valence-corrected chi connectivity index (χ0v) is 12.7. The molecule has 0 spiro atoms. The summed E-state index contributed by atoms with van der Waals surface area (Å²) in [6.07, 6.45) is -0.623. The van der Waals surface area contributed by atoms with Crippen molar-refractivity contribution in [3.05, 3.63) is 63.0 Å². The molecule has 1 unspecified atom stereocenters. The monoisotopic (exact) mass is 370 g/mol. The van der Waals surface area contributed by atoms with Crippen LogP contribution in [0.2, 0.25) is 0 Å². The molecule has 2 rings (SSSR count). The van der Waals surface area contributed by atoms with Crippen molar-refractivity contribution in [1.29, 1.82) is 0 Å². The van der Waals surface area contributed by atoms with Crippen LogP contribution >= 0.6 is 31.9 Å². The van der Waals surface area contributed by atoms with Crippen LogP contribution in [0.4, 0.5) is 0 Å². The van der Waals surface area contributed by atoms with Gasteiger partial charge in [0.05, 0.1) is 4.47 Å². The Hall–Kier alpha value is -0.840. The largest absolute Gasteiger partial charge is 0.489 e. The second kappa shape index (κ2) is 6.36. The van der Waals surface area contributed by atoms with Crippen molar-refractivity contribution in [1.82, 2.24) is 0 Å². The number of benzene rings is 2. The van der Waals surface area contributed by atoms with Crippen LogP contribution in [0.3, 0.4) is 0 Å². The van der Waals surface area contributed by atoms with E-state index in [0.29, 0.717) is 5.75 Å². The third-order valence-electron chi connectivity index (χ3n) is 2.47. The van der Waals surface area contributed by atoms with Crippen molar-refractivity contribution >= 4 is 31.9 Å². The molecule has 0 aliphatic rings. The number of aliphatic hydroxyl groups excluding tert-OH is 1. The summed E-state index contributed by atoms with van der Waals surface area (Å²) in [4.78, 5) is 0. The second-order valence-electron chi connectivity index (χ2n) is 3.81. The molecule has 4 heteroatoms. The smallest absolute Gasteiger partial charge is 0.133 e. The highest BCUT2D eigenvalue weighted by Gasteiger charge is 2.09. The standard InChI is InChI=1S/C14H12Br2O2/c15-11-6-7-14(12(16)8-11)18-9-13(17)10-4-2-1-3-5-10/h1-8,13,17H,9H2. The third-order valence-corrected chi connectivity index (χ3v) is 3.59. The molecule has 2 nitrogen and oxygen atoms in total. The lowest BCUT2D eigenvalue weighted by Gasteiger charge is -2.13. The number of hydrogen-bond acceptors (Lipinski definition) is 2. The fraction of sp³-hybridized carbons (Fsp3) is 0.143. The Kier molecular flexibility index (Phi) is 4.80. The van der Waals surface area contributed by atoms with Gasteiger partial charge >= 0.3 is 0 Å². The molecular weight excluding hydrogens is 360 g/mol. The first kappa shape index (κ1) is 13.6. The Balaban J connectivity index is 1.99. The van der Waals surface area contributed by atoms with Gasteiger partial charge in [0, 0.05) is 4.47 Å². The van der Waals surface area contributed by atoms with Crippen LogP contribution in [0.15, 0.2) is 57.5 Å². The van der Waals surface area contributed by atoms with E-state index in [-0.39, 0.29) is 6.61 Å². The number of halogens is 2. The molecule has 0 heterocycles. The Morgan fingerprint density at radius 3 is 2.44 bits per heavy atom. The molecule has 0 aromatic heterocycles. The summed E-state index contributed by atoms with van der Waals surface area (Å²) in [5, 5.41) is 9.98. The Morgan fingerprint density at radius 1 is 1.06 bits per heavy atom. The summed E-state index contributed by atoms with van der Waals surface area (Å²) in [6, 6.07) is 15.1. The van der Waals surface area contributed by atoms with Gasteiger partial charge in [-0.25, -0.2) is 0 Å². The summed E-state index contributed by atoms with van der Waals surface area (Å²) in [6.45, 7) is 0.226. The summed E-state index contributed by atoms with van der Waals surface area (Å²) in [5.74, 6) is 0.716. The van der Waals surface area contributed by atoms with Gasteiger partial charge in [0.25, 0.3) is 0 Å². The average Bonchev–Trinajstić information content (AvgIpc) is 2.38. The van der Waals surface area contributed by atoms with Gasteiger partial charge in [0.15, 0.2) is 0 Å². The molecule has 0 bridgehead atoms. The first-order chi connectivity index (χ1) is 8.66. The minimum Gasteiger partial charge on any atom is -0.489 e. The number of ether oxygens (including phenoxy) is 1. The minimum absolute atomic E-state index is 0.226. The molecule has 0 aliphatic heterocycles. The minimum atomic E-state index is -0.623. The van der Waals surface area contributed by atoms with E-state index in [1.54, 1.807) is 0 Å². The van der Waals surface area contributed by atoms with Crippen LogP contribution in [-0.4, -0.2) is 11.7 Å². The molecule has 18 heavy (non-hydrogen) atoms. The van der Waals surface area contributed by atoms with E-state index in [1.807, 2.05) is 48.5 Å². The van der Waals surface area contributed by atoms with Crippen LogP contribution in [0, 0.1) is 0 Å². The van der Waals surface area contributed by atoms with E-state index in [9.17, 15) is 5.11 Å². The lowest BCUT2D eigenvalue weighted by molar-refractivity contribution is 0.108. The molecule has 0 amide bonds. The molecule has 0 saturated carbocycles. The lowest BCUT2D eigenvalue weighted by atomic mass is 10.1. The maximum Gasteiger partial charge on any atom is 0.133 e. The molecular formula is C14H12Br2O2. The second-order valence-corrected chi connectivity index (χ2v) is 5.58. The van der Waals surface area contributed by atoms with Crippen molar-refractivity contribution in [3.63, 3.8) is 0 Å². The molecule has 0 fully saturated rings. The van der Waals surface area contributed by atoms with E-state index < -0.39 is 6.10 Å². The van der Waals surface area contributed by atoms with E-state index in [1.165, 1.54) is 0 Å². The predicted molar refractivity (Wildman–Crippen MR) is 78.7 cm³/mol. The van der Waals surface area contributed by atoms with E-state index in [4.69, 9.17) is 4.74 Å². The van der Waals surface area contributed by atoms with Crippen molar-refractivity contribution in [2.75, 3.05) is 6.61 Å². The molecule has 0 radical (unpaired) electrons. The zero-order valence-electron chi connectivity index (χ0n) is 9.51. The lowest BCUT2D eigenvalue weighted by Crippen LogP contribution is -2.09. The summed E-state index contributed by atoms with van der Waals surface area (Å²) < 4.78 is 7.43. The maximum atomic E-state index is 9.98. The van der Waals surface area contributed by atoms with Gasteiger partial charge in [-0.15, -0.1) is 0 Å². The van der Waals surface area contributed by atoms with Crippen LogP contribution < -0.4 is 4.74 Å². The highest BCUT2D eigenvalue weighted by Crippen LogP contribution is 2.29. The van der Waals surface area contributed by atoms with Crippen molar-refractivity contribution < 1.29 is 9.84 Å². The Morgan fingerprint density at radius 2 is 1.78 bits per heavy atom. The van der Waals surface area contributed by atoms with Gasteiger partial charge in [-0.05, 0) is 39.7 Å². The molecule has 2 aromatic carbocycles. The first-order valence-corrected chi connectivity index (χ1v) is 7.06. The Bertz CT molecular complexity index is 514. The normalized spacial score (nSPS) is 12.2. The topological polar surface area (TPSA) is 29.5 Å². The van der Waals surface area contributed by atoms with Gasteiger partial charge in [0.1, 0.15) is 18.5 Å². The number of aliphatic hydroxyl groups is 1. The van der Waals surface area contributed by atoms with Crippen molar-refractivity contribution in [2.45, 2.75) is 6.10 Å². The van der Waals surface area contributed by atoms with Gasteiger partial charge in [-0.1, -0.05) is 46.3 Å². The summed E-state index contributed by atoms with van der Waals surface area (Å²) in [5.41, 5.74) is 0.853. The van der Waals surface area contributed by atoms with Gasteiger partial charge < -0.3 is 9.84 Å². The zero-order chi connectivity index (χ0) is 13.0. The van der Waals surface area contributed by atoms with Crippen LogP contribution in [0.25, 0.3) is 0 Å². The molecule has 2 aromatic rings. The molecule has 0 aliphatic carbocycles. The quantitative estimate of drug-likeness (QED) is 0.866. The van der Waals surface area contributed by atoms with Gasteiger partial charge in [0.2, 0.25) is 0 Å². The third kappa shape index (κ3) is 3.57. The fourth-order valence-electron chi connectivity index (χ4n) is 1.53. The van der Waals surface area contributed by atoms with Crippen LogP contribution in [0.5, 0.6) is 5.75 Å².